The second kappa shape index (κ2) is 12.1. The van der Waals surface area contributed by atoms with Crippen molar-refractivity contribution in [1.29, 1.82) is 0 Å². The van der Waals surface area contributed by atoms with Crippen molar-refractivity contribution < 1.29 is 24.3 Å². The molecule has 9 heteroatoms. The first-order valence-electron chi connectivity index (χ1n) is 10.8. The molecule has 4 amide bonds. The van der Waals surface area contributed by atoms with Crippen LogP contribution in [0.15, 0.2) is 24.3 Å². The number of ether oxygens (including phenoxy) is 1. The van der Waals surface area contributed by atoms with Gasteiger partial charge in [0.2, 0.25) is 5.91 Å². The number of rotatable bonds is 10. The number of amides is 4. The molecule has 31 heavy (non-hydrogen) atoms. The third-order valence-corrected chi connectivity index (χ3v) is 5.84. The number of anilines is 1. The largest absolute Gasteiger partial charge is 0.495 e. The molecule has 1 aliphatic rings. The molecular formula is C22H34N4O5. The van der Waals surface area contributed by atoms with Crippen LogP contribution in [-0.4, -0.2) is 54.2 Å². The van der Waals surface area contributed by atoms with Crippen molar-refractivity contribution >= 4 is 23.5 Å². The lowest BCUT2D eigenvalue weighted by atomic mass is 9.97. The Bertz CT molecular complexity index is 751. The van der Waals surface area contributed by atoms with E-state index < -0.39 is 18.0 Å². The summed E-state index contributed by atoms with van der Waals surface area (Å²) in [4.78, 5) is 39.4. The zero-order valence-corrected chi connectivity index (χ0v) is 18.5. The number of carbonyl (C=O) groups excluding carboxylic acids is 3. The molecule has 0 spiro atoms. The number of hydrogen-bond acceptors (Lipinski definition) is 5. The van der Waals surface area contributed by atoms with Crippen molar-refractivity contribution in [3.63, 3.8) is 0 Å². The van der Waals surface area contributed by atoms with E-state index in [4.69, 9.17) is 9.94 Å². The first-order valence-corrected chi connectivity index (χ1v) is 10.8. The third kappa shape index (κ3) is 7.13. The van der Waals surface area contributed by atoms with Crippen molar-refractivity contribution in [2.45, 2.75) is 52.0 Å². The van der Waals surface area contributed by atoms with Crippen LogP contribution in [-0.2, 0) is 9.59 Å². The lowest BCUT2D eigenvalue weighted by Crippen LogP contribution is -2.55. The van der Waals surface area contributed by atoms with Crippen LogP contribution in [0.5, 0.6) is 5.75 Å². The van der Waals surface area contributed by atoms with Crippen molar-refractivity contribution in [3.05, 3.63) is 24.3 Å². The maximum atomic E-state index is 13.4. The molecule has 1 aromatic rings. The number of urea groups is 1. The highest BCUT2D eigenvalue weighted by Crippen LogP contribution is 2.26. The molecule has 1 aromatic carbocycles. The van der Waals surface area contributed by atoms with Gasteiger partial charge in [0.25, 0.3) is 5.91 Å². The molecule has 1 saturated carbocycles. The van der Waals surface area contributed by atoms with Crippen LogP contribution in [0, 0.1) is 11.8 Å². The smallest absolute Gasteiger partial charge is 0.320 e. The fourth-order valence-electron chi connectivity index (χ4n) is 3.87. The predicted octanol–water partition coefficient (Wildman–Crippen LogP) is 2.76. The molecule has 0 aliphatic heterocycles. The monoisotopic (exact) mass is 434 g/mol. The summed E-state index contributed by atoms with van der Waals surface area (Å²) in [5.74, 6) is -0.325. The van der Waals surface area contributed by atoms with Crippen LogP contribution in [0.1, 0.15) is 46.0 Å². The Labute approximate surface area is 183 Å². The summed E-state index contributed by atoms with van der Waals surface area (Å²) < 4.78 is 5.25. The minimum Gasteiger partial charge on any atom is -0.495 e. The zero-order valence-electron chi connectivity index (χ0n) is 18.5. The lowest BCUT2D eigenvalue weighted by Gasteiger charge is -2.31. The van der Waals surface area contributed by atoms with Gasteiger partial charge in [-0.1, -0.05) is 45.2 Å². The normalized spacial score (nSPS) is 15.6. The molecule has 4 N–H and O–H groups in total. The first kappa shape index (κ1) is 24.5. The molecule has 172 valence electrons. The van der Waals surface area contributed by atoms with Crippen LogP contribution >= 0.6 is 0 Å². The highest BCUT2D eigenvalue weighted by Gasteiger charge is 2.33. The second-order valence-corrected chi connectivity index (χ2v) is 8.07. The fraction of sp³-hybridized carbons (Fsp3) is 0.591. The van der Waals surface area contributed by atoms with Gasteiger partial charge in [-0.25, -0.2) is 10.3 Å². The summed E-state index contributed by atoms with van der Waals surface area (Å²) in [6.07, 6.45) is 4.87. The zero-order chi connectivity index (χ0) is 22.8. The Kier molecular flexibility index (Phi) is 9.58. The Morgan fingerprint density at radius 2 is 1.90 bits per heavy atom. The van der Waals surface area contributed by atoms with E-state index in [9.17, 15) is 14.4 Å². The van der Waals surface area contributed by atoms with E-state index in [1.807, 2.05) is 13.8 Å². The number of hydroxylamine groups is 1. The summed E-state index contributed by atoms with van der Waals surface area (Å²) in [5, 5.41) is 14.4. The molecule has 1 aliphatic carbocycles. The Balaban J connectivity index is 2.15. The molecule has 0 aromatic heterocycles. The van der Waals surface area contributed by atoms with E-state index >= 15 is 0 Å². The van der Waals surface area contributed by atoms with Crippen LogP contribution in [0.2, 0.25) is 0 Å². The van der Waals surface area contributed by atoms with Crippen molar-refractivity contribution in [1.82, 2.24) is 15.7 Å². The summed E-state index contributed by atoms with van der Waals surface area (Å²) in [6.45, 7) is 3.99. The molecule has 1 fully saturated rings. The predicted molar refractivity (Wildman–Crippen MR) is 117 cm³/mol. The van der Waals surface area contributed by atoms with Gasteiger partial charge >= 0.3 is 6.03 Å². The topological polar surface area (TPSA) is 120 Å². The maximum Gasteiger partial charge on any atom is 0.320 e. The average Bonchev–Trinajstić information content (AvgIpc) is 3.29. The van der Waals surface area contributed by atoms with E-state index in [2.05, 4.69) is 10.6 Å². The van der Waals surface area contributed by atoms with Gasteiger partial charge in [-0.3, -0.25) is 14.8 Å². The number of methoxy groups -OCH3 is 1. The van der Waals surface area contributed by atoms with Crippen LogP contribution in [0.25, 0.3) is 0 Å². The lowest BCUT2D eigenvalue weighted by molar-refractivity contribution is -0.141. The van der Waals surface area contributed by atoms with Gasteiger partial charge in [0.05, 0.1) is 12.8 Å². The standard InChI is InChI=1S/C22H34N4O5/c1-4-15(2)20(24-22(29)23-17-11-7-8-12-18(17)31-3)21(28)26(14-19(27)25-30)13-16-9-5-6-10-16/h7-8,11-12,15-16,20,30H,4-6,9-10,13-14H2,1-3H3,(H,25,27)(H2,23,24,29)/t15-,20+/m1/s1. The van der Waals surface area contributed by atoms with Gasteiger partial charge in [-0.2, -0.15) is 0 Å². The van der Waals surface area contributed by atoms with Gasteiger partial charge in [0.15, 0.2) is 0 Å². The highest BCUT2D eigenvalue weighted by atomic mass is 16.5. The SMILES string of the molecule is CC[C@@H](C)[C@H](NC(=O)Nc1ccccc1OC)C(=O)N(CC(=O)NO)CC1CCCC1. The molecule has 0 heterocycles. The van der Waals surface area contributed by atoms with Gasteiger partial charge in [-0.15, -0.1) is 0 Å². The minimum atomic E-state index is -0.812. The summed E-state index contributed by atoms with van der Waals surface area (Å²) in [6, 6.07) is 5.65. The van der Waals surface area contributed by atoms with Crippen LogP contribution in [0.4, 0.5) is 10.5 Å². The van der Waals surface area contributed by atoms with E-state index in [-0.39, 0.29) is 18.4 Å². The third-order valence-electron chi connectivity index (χ3n) is 5.84. The quantitative estimate of drug-likeness (QED) is 0.333. The van der Waals surface area contributed by atoms with Crippen LogP contribution in [0.3, 0.4) is 0 Å². The molecule has 0 radical (unpaired) electrons. The number of nitrogens with zero attached hydrogens (tertiary/aromatic N) is 1. The van der Waals surface area contributed by atoms with Gasteiger partial charge in [0, 0.05) is 6.54 Å². The molecule has 0 saturated heterocycles. The van der Waals surface area contributed by atoms with Crippen LogP contribution < -0.4 is 20.9 Å². The molecular weight excluding hydrogens is 400 g/mol. The van der Waals surface area contributed by atoms with Crippen molar-refractivity contribution in [2.24, 2.45) is 11.8 Å². The number of para-hydroxylation sites is 2. The number of nitrogens with one attached hydrogen (secondary N) is 3. The van der Waals surface area contributed by atoms with E-state index in [1.54, 1.807) is 29.7 Å². The second-order valence-electron chi connectivity index (χ2n) is 8.07. The van der Waals surface area contributed by atoms with Crippen molar-refractivity contribution in [3.8, 4) is 5.75 Å². The fourth-order valence-corrected chi connectivity index (χ4v) is 3.87. The van der Waals surface area contributed by atoms with Crippen molar-refractivity contribution in [2.75, 3.05) is 25.5 Å². The Morgan fingerprint density at radius 3 is 2.52 bits per heavy atom. The van der Waals surface area contributed by atoms with Gasteiger partial charge in [-0.05, 0) is 36.8 Å². The highest BCUT2D eigenvalue weighted by molar-refractivity contribution is 5.95. The maximum absolute atomic E-state index is 13.4. The molecule has 9 nitrogen and oxygen atoms in total. The molecule has 0 bridgehead atoms. The summed E-state index contributed by atoms with van der Waals surface area (Å²) in [7, 11) is 1.51. The van der Waals surface area contributed by atoms with E-state index in [1.165, 1.54) is 12.0 Å². The summed E-state index contributed by atoms with van der Waals surface area (Å²) in [5.41, 5.74) is 2.08. The minimum absolute atomic E-state index is 0.154. The number of hydrogen-bond donors (Lipinski definition) is 4. The molecule has 0 unspecified atom stereocenters. The molecule has 2 atom stereocenters. The Hall–Kier alpha value is -2.81. The summed E-state index contributed by atoms with van der Waals surface area (Å²) >= 11 is 0. The number of benzene rings is 1. The Morgan fingerprint density at radius 1 is 1.23 bits per heavy atom. The number of carbonyl (C=O) groups is 3. The van der Waals surface area contributed by atoms with Gasteiger partial charge < -0.3 is 20.3 Å². The van der Waals surface area contributed by atoms with E-state index in [0.29, 0.717) is 30.3 Å². The van der Waals surface area contributed by atoms with Gasteiger partial charge in [0.1, 0.15) is 18.3 Å². The molecule has 2 rings (SSSR count). The average molecular weight is 435 g/mol. The first-order chi connectivity index (χ1) is 14.9. The van der Waals surface area contributed by atoms with E-state index in [0.717, 1.165) is 25.7 Å².